The van der Waals surface area contributed by atoms with E-state index in [1.165, 1.54) is 12.1 Å². The molecule has 0 radical (unpaired) electrons. The van der Waals surface area contributed by atoms with Crippen molar-refractivity contribution in [1.82, 2.24) is 19.5 Å². The Labute approximate surface area is 188 Å². The number of piperazine rings is 1. The van der Waals surface area contributed by atoms with Gasteiger partial charge in [-0.25, -0.2) is 13.1 Å². The molecule has 1 aromatic carbocycles. The number of nitrogens with one attached hydrogen (secondary N) is 1. The van der Waals surface area contributed by atoms with Gasteiger partial charge in [0.2, 0.25) is 15.9 Å². The van der Waals surface area contributed by atoms with E-state index in [4.69, 9.17) is 9.47 Å². The molecule has 1 aromatic heterocycles. The largest absolute Gasteiger partial charge is 0.490 e. The van der Waals surface area contributed by atoms with Gasteiger partial charge in [0.25, 0.3) is 0 Å². The number of nitrogens with zero attached hydrogens (tertiary/aromatic N) is 3. The second-order valence-electron chi connectivity index (χ2n) is 7.83. The molecule has 2 aromatic rings. The van der Waals surface area contributed by atoms with Crippen molar-refractivity contribution in [3.63, 3.8) is 0 Å². The van der Waals surface area contributed by atoms with Gasteiger partial charge in [-0.1, -0.05) is 6.07 Å². The Balaban J connectivity index is 1.23. The molecule has 1 saturated heterocycles. The molecular weight excluding hydrogens is 432 g/mol. The zero-order valence-corrected chi connectivity index (χ0v) is 18.7. The van der Waals surface area contributed by atoms with Gasteiger partial charge < -0.3 is 14.4 Å². The van der Waals surface area contributed by atoms with Crippen LogP contribution in [0.5, 0.6) is 11.5 Å². The molecule has 10 heteroatoms. The molecule has 0 aliphatic carbocycles. The van der Waals surface area contributed by atoms with E-state index in [0.717, 1.165) is 31.6 Å². The number of benzene rings is 1. The highest BCUT2D eigenvalue weighted by Crippen LogP contribution is 2.31. The molecule has 0 bridgehead atoms. The van der Waals surface area contributed by atoms with Crippen molar-refractivity contribution >= 4 is 15.9 Å². The highest BCUT2D eigenvalue weighted by atomic mass is 32.2. The summed E-state index contributed by atoms with van der Waals surface area (Å²) in [7, 11) is -3.75. The quantitative estimate of drug-likeness (QED) is 0.664. The fraction of sp³-hybridized carbons (Fsp3) is 0.455. The molecule has 1 amide bonds. The number of ether oxygens (including phenoxy) is 2. The molecule has 4 rings (SSSR count). The number of carbonyl (C=O) groups is 1. The molecule has 2 aliphatic heterocycles. The van der Waals surface area contributed by atoms with Gasteiger partial charge in [0.15, 0.2) is 11.5 Å². The zero-order valence-electron chi connectivity index (χ0n) is 17.9. The Kier molecular flexibility index (Phi) is 7.23. The van der Waals surface area contributed by atoms with E-state index < -0.39 is 10.0 Å². The van der Waals surface area contributed by atoms with Crippen LogP contribution >= 0.6 is 0 Å². The standard InChI is InChI=1S/C22H28N4O5S/c27-22(26-11-9-25(10-12-26)17-18-3-1-7-23-16-18)6-8-24-32(28,29)19-4-5-20-21(15-19)31-14-2-13-30-20/h1,3-5,7,15-16,24H,2,6,8-14,17H2. The first-order valence-corrected chi connectivity index (χ1v) is 12.3. The normalized spacial score (nSPS) is 17.1. The Hall–Kier alpha value is -2.69. The van der Waals surface area contributed by atoms with Gasteiger partial charge in [-0.3, -0.25) is 14.7 Å². The summed E-state index contributed by atoms with van der Waals surface area (Å²) in [5.41, 5.74) is 1.15. The molecule has 3 heterocycles. The summed E-state index contributed by atoms with van der Waals surface area (Å²) in [6.45, 7) is 4.71. The van der Waals surface area contributed by atoms with Gasteiger partial charge in [0, 0.05) is 70.6 Å². The fourth-order valence-corrected chi connectivity index (χ4v) is 4.80. The number of hydrogen-bond acceptors (Lipinski definition) is 7. The number of fused-ring (bicyclic) bond motifs is 1. The zero-order chi connectivity index (χ0) is 22.4. The van der Waals surface area contributed by atoms with Crippen molar-refractivity contribution in [2.45, 2.75) is 24.3 Å². The highest BCUT2D eigenvalue weighted by Gasteiger charge is 2.23. The minimum absolute atomic E-state index is 0.0471. The van der Waals surface area contributed by atoms with Crippen molar-refractivity contribution in [1.29, 1.82) is 0 Å². The van der Waals surface area contributed by atoms with Crippen molar-refractivity contribution < 1.29 is 22.7 Å². The van der Waals surface area contributed by atoms with E-state index in [2.05, 4.69) is 14.6 Å². The molecule has 1 N–H and O–H groups in total. The van der Waals surface area contributed by atoms with E-state index in [1.54, 1.807) is 17.2 Å². The van der Waals surface area contributed by atoms with Gasteiger partial charge in [0.1, 0.15) is 0 Å². The molecule has 0 atom stereocenters. The van der Waals surface area contributed by atoms with E-state index in [0.29, 0.717) is 37.8 Å². The Morgan fingerprint density at radius 1 is 1.06 bits per heavy atom. The molecule has 2 aliphatic rings. The number of amides is 1. The smallest absolute Gasteiger partial charge is 0.240 e. The van der Waals surface area contributed by atoms with Gasteiger partial charge >= 0.3 is 0 Å². The molecule has 0 spiro atoms. The number of sulfonamides is 1. The maximum atomic E-state index is 12.6. The lowest BCUT2D eigenvalue weighted by atomic mass is 10.2. The maximum absolute atomic E-state index is 12.6. The van der Waals surface area contributed by atoms with E-state index in [-0.39, 0.29) is 23.8 Å². The number of carbonyl (C=O) groups excluding carboxylic acids is 1. The number of rotatable bonds is 7. The van der Waals surface area contributed by atoms with Crippen LogP contribution in [-0.4, -0.2) is 75.0 Å². The van der Waals surface area contributed by atoms with E-state index in [1.807, 2.05) is 18.3 Å². The third kappa shape index (κ3) is 5.76. The van der Waals surface area contributed by atoms with Crippen molar-refractivity contribution in [3.05, 3.63) is 48.3 Å². The highest BCUT2D eigenvalue weighted by molar-refractivity contribution is 7.89. The lowest BCUT2D eigenvalue weighted by molar-refractivity contribution is -0.132. The van der Waals surface area contributed by atoms with E-state index in [9.17, 15) is 13.2 Å². The predicted molar refractivity (Wildman–Crippen MR) is 118 cm³/mol. The lowest BCUT2D eigenvalue weighted by Gasteiger charge is -2.34. The summed E-state index contributed by atoms with van der Waals surface area (Å²) in [5, 5.41) is 0. The van der Waals surface area contributed by atoms with E-state index >= 15 is 0 Å². The molecule has 1 fully saturated rings. The van der Waals surface area contributed by atoms with Gasteiger partial charge in [-0.15, -0.1) is 0 Å². The Bertz CT molecular complexity index is 1020. The lowest BCUT2D eigenvalue weighted by Crippen LogP contribution is -2.48. The van der Waals surface area contributed by atoms with Crippen LogP contribution in [0.2, 0.25) is 0 Å². The molecule has 0 saturated carbocycles. The third-order valence-electron chi connectivity index (χ3n) is 5.51. The minimum Gasteiger partial charge on any atom is -0.490 e. The molecule has 172 valence electrons. The van der Waals surface area contributed by atoms with Crippen LogP contribution in [0.1, 0.15) is 18.4 Å². The van der Waals surface area contributed by atoms with Crippen LogP contribution in [0, 0.1) is 0 Å². The molecule has 0 unspecified atom stereocenters. The Morgan fingerprint density at radius 2 is 1.84 bits per heavy atom. The maximum Gasteiger partial charge on any atom is 0.240 e. The van der Waals surface area contributed by atoms with Crippen molar-refractivity contribution in [2.24, 2.45) is 0 Å². The van der Waals surface area contributed by atoms with Gasteiger partial charge in [0.05, 0.1) is 18.1 Å². The van der Waals surface area contributed by atoms with Crippen LogP contribution in [0.15, 0.2) is 47.6 Å². The summed E-state index contributed by atoms with van der Waals surface area (Å²) < 4.78 is 38.9. The van der Waals surface area contributed by atoms with Gasteiger partial charge in [-0.2, -0.15) is 0 Å². The number of aromatic nitrogens is 1. The summed E-state index contributed by atoms with van der Waals surface area (Å²) in [6, 6.07) is 8.51. The second kappa shape index (κ2) is 10.3. The average molecular weight is 461 g/mol. The molecule has 9 nitrogen and oxygen atoms in total. The van der Waals surface area contributed by atoms with Gasteiger partial charge in [-0.05, 0) is 23.8 Å². The van der Waals surface area contributed by atoms with Crippen LogP contribution in [0.3, 0.4) is 0 Å². The number of pyridine rings is 1. The monoisotopic (exact) mass is 460 g/mol. The average Bonchev–Trinajstić information content (AvgIpc) is 3.05. The SMILES string of the molecule is O=C(CCNS(=O)(=O)c1ccc2c(c1)OCCCO2)N1CCN(Cc2cccnc2)CC1. The predicted octanol–water partition coefficient (Wildman–Crippen LogP) is 1.26. The van der Waals surface area contributed by atoms with Crippen LogP contribution in [0.4, 0.5) is 0 Å². The number of hydrogen-bond donors (Lipinski definition) is 1. The molecule has 32 heavy (non-hydrogen) atoms. The first kappa shape index (κ1) is 22.5. The van der Waals surface area contributed by atoms with Crippen molar-refractivity contribution in [2.75, 3.05) is 45.9 Å². The van der Waals surface area contributed by atoms with Crippen LogP contribution in [-0.2, 0) is 21.4 Å². The summed E-state index contributed by atoms with van der Waals surface area (Å²) in [6.07, 6.45) is 4.47. The first-order valence-electron chi connectivity index (χ1n) is 10.8. The first-order chi connectivity index (χ1) is 15.5. The van der Waals surface area contributed by atoms with Crippen LogP contribution < -0.4 is 14.2 Å². The second-order valence-corrected chi connectivity index (χ2v) is 9.59. The summed E-state index contributed by atoms with van der Waals surface area (Å²) >= 11 is 0. The minimum atomic E-state index is -3.75. The molecular formula is C22H28N4O5S. The van der Waals surface area contributed by atoms with Crippen LogP contribution in [0.25, 0.3) is 0 Å². The topological polar surface area (TPSA) is 101 Å². The third-order valence-corrected chi connectivity index (χ3v) is 6.97. The Morgan fingerprint density at radius 3 is 2.59 bits per heavy atom. The fourth-order valence-electron chi connectivity index (χ4n) is 3.75. The summed E-state index contributed by atoms with van der Waals surface area (Å²) in [5.74, 6) is 0.914. The summed E-state index contributed by atoms with van der Waals surface area (Å²) in [4.78, 5) is 20.8. The van der Waals surface area contributed by atoms with Crippen molar-refractivity contribution in [3.8, 4) is 11.5 Å².